The first-order valence-electron chi connectivity index (χ1n) is 4.95. The van der Waals surface area contributed by atoms with E-state index >= 15 is 0 Å². The molecule has 1 unspecified atom stereocenters. The molecule has 2 N–H and O–H groups in total. The number of hydrogen-bond acceptors (Lipinski definition) is 1. The molecule has 1 atom stereocenters. The van der Waals surface area contributed by atoms with Crippen LogP contribution in [0.2, 0.25) is 0 Å². The SMILES string of the molecule is CC(Cc1ccc2cc[nH]c2c1)C(=O)O. The van der Waals surface area contributed by atoms with Gasteiger partial charge < -0.3 is 10.1 Å². The Bertz CT molecular complexity index is 487. The zero-order chi connectivity index (χ0) is 10.8. The third kappa shape index (κ3) is 2.01. The summed E-state index contributed by atoms with van der Waals surface area (Å²) in [6, 6.07) is 8.00. The minimum Gasteiger partial charge on any atom is -0.481 e. The molecule has 0 aliphatic heterocycles. The van der Waals surface area contributed by atoms with Crippen LogP contribution in [0.5, 0.6) is 0 Å². The van der Waals surface area contributed by atoms with E-state index in [0.29, 0.717) is 6.42 Å². The molecule has 1 heterocycles. The predicted molar refractivity (Wildman–Crippen MR) is 58.8 cm³/mol. The normalized spacial score (nSPS) is 12.9. The fourth-order valence-corrected chi connectivity index (χ4v) is 1.66. The summed E-state index contributed by atoms with van der Waals surface area (Å²) in [6.45, 7) is 1.72. The van der Waals surface area contributed by atoms with E-state index in [1.807, 2.05) is 30.5 Å². The number of nitrogens with one attached hydrogen (secondary N) is 1. The lowest BCUT2D eigenvalue weighted by atomic mass is 10.0. The molecule has 1 aromatic heterocycles. The van der Waals surface area contributed by atoms with Crippen molar-refractivity contribution in [3.05, 3.63) is 36.0 Å². The number of aromatic amines is 1. The minimum absolute atomic E-state index is 0.336. The molecule has 0 aliphatic carbocycles. The number of benzene rings is 1. The lowest BCUT2D eigenvalue weighted by molar-refractivity contribution is -0.141. The smallest absolute Gasteiger partial charge is 0.306 e. The van der Waals surface area contributed by atoms with E-state index in [0.717, 1.165) is 16.5 Å². The van der Waals surface area contributed by atoms with Crippen molar-refractivity contribution in [2.24, 2.45) is 5.92 Å². The van der Waals surface area contributed by atoms with Crippen LogP contribution < -0.4 is 0 Å². The Balaban J connectivity index is 2.24. The number of fused-ring (bicyclic) bond motifs is 1. The molecule has 3 heteroatoms. The van der Waals surface area contributed by atoms with Gasteiger partial charge >= 0.3 is 5.97 Å². The number of aliphatic carboxylic acids is 1. The van der Waals surface area contributed by atoms with E-state index in [4.69, 9.17) is 5.11 Å². The lowest BCUT2D eigenvalue weighted by Crippen LogP contribution is -2.12. The molecule has 0 saturated carbocycles. The van der Waals surface area contributed by atoms with Gasteiger partial charge in [0, 0.05) is 11.7 Å². The molecule has 2 rings (SSSR count). The van der Waals surface area contributed by atoms with Gasteiger partial charge in [0.1, 0.15) is 0 Å². The highest BCUT2D eigenvalue weighted by Gasteiger charge is 2.11. The molecule has 0 bridgehead atoms. The third-order valence-corrected chi connectivity index (χ3v) is 2.58. The van der Waals surface area contributed by atoms with Crippen molar-refractivity contribution in [3.63, 3.8) is 0 Å². The van der Waals surface area contributed by atoms with Gasteiger partial charge in [-0.1, -0.05) is 19.1 Å². The maximum Gasteiger partial charge on any atom is 0.306 e. The number of carboxylic acids is 1. The van der Waals surface area contributed by atoms with Crippen LogP contribution in [0.25, 0.3) is 10.9 Å². The molecule has 0 saturated heterocycles. The fraction of sp³-hybridized carbons (Fsp3) is 0.250. The first-order chi connectivity index (χ1) is 7.16. The van der Waals surface area contributed by atoms with Crippen LogP contribution in [0.3, 0.4) is 0 Å². The highest BCUT2D eigenvalue weighted by atomic mass is 16.4. The van der Waals surface area contributed by atoms with Crippen LogP contribution in [-0.2, 0) is 11.2 Å². The van der Waals surface area contributed by atoms with Gasteiger partial charge in [0.2, 0.25) is 0 Å². The Kier molecular flexibility index (Phi) is 2.46. The number of H-pyrrole nitrogens is 1. The van der Waals surface area contributed by atoms with Crippen LogP contribution >= 0.6 is 0 Å². The van der Waals surface area contributed by atoms with E-state index in [1.165, 1.54) is 0 Å². The quantitative estimate of drug-likeness (QED) is 0.804. The second-order valence-electron chi connectivity index (χ2n) is 3.84. The monoisotopic (exact) mass is 203 g/mol. The maximum atomic E-state index is 10.7. The summed E-state index contributed by atoms with van der Waals surface area (Å²) in [5, 5.41) is 9.96. The molecule has 0 fully saturated rings. The Morgan fingerprint density at radius 2 is 2.27 bits per heavy atom. The molecule has 2 aromatic rings. The van der Waals surface area contributed by atoms with Crippen molar-refractivity contribution in [1.82, 2.24) is 4.98 Å². The molecule has 1 aromatic carbocycles. The average Bonchev–Trinajstić information content (AvgIpc) is 2.64. The summed E-state index contributed by atoms with van der Waals surface area (Å²) in [5.74, 6) is -1.08. The molecule has 0 radical (unpaired) electrons. The maximum absolute atomic E-state index is 10.7. The first-order valence-corrected chi connectivity index (χ1v) is 4.95. The van der Waals surface area contributed by atoms with Gasteiger partial charge in [-0.25, -0.2) is 0 Å². The third-order valence-electron chi connectivity index (χ3n) is 2.58. The number of rotatable bonds is 3. The predicted octanol–water partition coefficient (Wildman–Crippen LogP) is 2.43. The summed E-state index contributed by atoms with van der Waals surface area (Å²) in [7, 11) is 0. The van der Waals surface area contributed by atoms with Crippen molar-refractivity contribution in [2.45, 2.75) is 13.3 Å². The van der Waals surface area contributed by atoms with E-state index in [-0.39, 0.29) is 5.92 Å². The Morgan fingerprint density at radius 3 is 3.00 bits per heavy atom. The summed E-state index contributed by atoms with van der Waals surface area (Å²) >= 11 is 0. The van der Waals surface area contributed by atoms with Gasteiger partial charge in [0.25, 0.3) is 0 Å². The van der Waals surface area contributed by atoms with Crippen molar-refractivity contribution >= 4 is 16.9 Å². The second kappa shape index (κ2) is 3.77. The summed E-state index contributed by atoms with van der Waals surface area (Å²) < 4.78 is 0. The minimum atomic E-state index is -0.749. The van der Waals surface area contributed by atoms with Gasteiger partial charge in [-0.2, -0.15) is 0 Å². The topological polar surface area (TPSA) is 53.1 Å². The van der Waals surface area contributed by atoms with Crippen molar-refractivity contribution in [3.8, 4) is 0 Å². The Morgan fingerprint density at radius 1 is 1.47 bits per heavy atom. The number of aromatic nitrogens is 1. The van der Waals surface area contributed by atoms with Crippen molar-refractivity contribution in [1.29, 1.82) is 0 Å². The van der Waals surface area contributed by atoms with Crippen LogP contribution in [0.1, 0.15) is 12.5 Å². The average molecular weight is 203 g/mol. The Labute approximate surface area is 87.7 Å². The van der Waals surface area contributed by atoms with E-state index in [2.05, 4.69) is 4.98 Å². The lowest BCUT2D eigenvalue weighted by Gasteiger charge is -2.05. The van der Waals surface area contributed by atoms with E-state index in [1.54, 1.807) is 6.92 Å². The standard InChI is InChI=1S/C12H13NO2/c1-8(12(14)15)6-9-2-3-10-4-5-13-11(10)7-9/h2-5,7-8,13H,6H2,1H3,(H,14,15). The zero-order valence-electron chi connectivity index (χ0n) is 8.53. The van der Waals surface area contributed by atoms with Crippen LogP contribution in [0, 0.1) is 5.92 Å². The first kappa shape index (κ1) is 9.77. The molecule has 3 nitrogen and oxygen atoms in total. The van der Waals surface area contributed by atoms with Crippen LogP contribution in [0.4, 0.5) is 0 Å². The molecular weight excluding hydrogens is 190 g/mol. The Hall–Kier alpha value is -1.77. The molecule has 78 valence electrons. The van der Waals surface area contributed by atoms with Crippen LogP contribution in [0.15, 0.2) is 30.5 Å². The summed E-state index contributed by atoms with van der Waals surface area (Å²) in [5.41, 5.74) is 2.12. The van der Waals surface area contributed by atoms with Crippen molar-refractivity contribution in [2.75, 3.05) is 0 Å². The van der Waals surface area contributed by atoms with Crippen LogP contribution in [-0.4, -0.2) is 16.1 Å². The zero-order valence-corrected chi connectivity index (χ0v) is 8.53. The van der Waals surface area contributed by atoms with Crippen molar-refractivity contribution < 1.29 is 9.90 Å². The molecule has 0 amide bonds. The number of hydrogen-bond donors (Lipinski definition) is 2. The summed E-state index contributed by atoms with van der Waals surface area (Å²) in [4.78, 5) is 13.8. The van der Waals surface area contributed by atoms with E-state index in [9.17, 15) is 4.79 Å². The molecule has 15 heavy (non-hydrogen) atoms. The van der Waals surface area contributed by atoms with E-state index < -0.39 is 5.97 Å². The van der Waals surface area contributed by atoms with Gasteiger partial charge in [0.15, 0.2) is 0 Å². The molecule has 0 spiro atoms. The molecular formula is C12H13NO2. The largest absolute Gasteiger partial charge is 0.481 e. The summed E-state index contributed by atoms with van der Waals surface area (Å²) in [6.07, 6.45) is 2.46. The van der Waals surface area contributed by atoms with Gasteiger partial charge in [-0.15, -0.1) is 0 Å². The van der Waals surface area contributed by atoms with Gasteiger partial charge in [-0.05, 0) is 29.5 Å². The fourth-order valence-electron chi connectivity index (χ4n) is 1.66. The second-order valence-corrected chi connectivity index (χ2v) is 3.84. The highest BCUT2D eigenvalue weighted by molar-refractivity contribution is 5.80. The van der Waals surface area contributed by atoms with Gasteiger partial charge in [0.05, 0.1) is 5.92 Å². The highest BCUT2D eigenvalue weighted by Crippen LogP contribution is 2.16. The number of carboxylic acid groups (broad SMARTS) is 1. The molecule has 0 aliphatic rings. The number of carbonyl (C=O) groups is 1. The van der Waals surface area contributed by atoms with Gasteiger partial charge in [-0.3, -0.25) is 4.79 Å².